The number of nitriles is 2. The van der Waals surface area contributed by atoms with Gasteiger partial charge in [0.15, 0.2) is 0 Å². The zero-order valence-corrected chi connectivity index (χ0v) is 8.77. The predicted octanol–water partition coefficient (Wildman–Crippen LogP) is 2.89. The molecule has 1 aliphatic carbocycles. The Morgan fingerprint density at radius 2 is 1.29 bits per heavy atom. The van der Waals surface area contributed by atoms with Crippen molar-refractivity contribution in [2.45, 2.75) is 26.7 Å². The molecule has 0 fully saturated rings. The first kappa shape index (κ1) is 10.8. The van der Waals surface area contributed by atoms with Crippen LogP contribution in [-0.2, 0) is 0 Å². The molecule has 0 N–H and O–H groups in total. The highest BCUT2D eigenvalue weighted by molar-refractivity contribution is 5.15. The Balaban J connectivity index is 2.94. The van der Waals surface area contributed by atoms with Crippen LogP contribution < -0.4 is 0 Å². The van der Waals surface area contributed by atoms with E-state index < -0.39 is 0 Å². The maximum absolute atomic E-state index is 9.07. The fourth-order valence-electron chi connectivity index (χ4n) is 2.19. The normalized spacial score (nSPS) is 36.0. The zero-order valence-electron chi connectivity index (χ0n) is 8.77. The molecule has 0 amide bonds. The maximum Gasteiger partial charge on any atom is 0.0689 e. The molecule has 1 aliphatic rings. The molecule has 0 aromatic rings. The van der Waals surface area contributed by atoms with Crippen molar-refractivity contribution in [2.24, 2.45) is 23.7 Å². The zero-order chi connectivity index (χ0) is 10.6. The lowest BCUT2D eigenvalue weighted by Crippen LogP contribution is -2.29. The summed E-state index contributed by atoms with van der Waals surface area (Å²) in [6.07, 6.45) is 6.14. The van der Waals surface area contributed by atoms with Crippen molar-refractivity contribution in [1.82, 2.24) is 0 Å². The van der Waals surface area contributed by atoms with Gasteiger partial charge in [-0.15, -0.1) is 0 Å². The average molecular weight is 188 g/mol. The second kappa shape index (κ2) is 4.82. The van der Waals surface area contributed by atoms with E-state index in [2.05, 4.69) is 38.1 Å². The smallest absolute Gasteiger partial charge is 0.0689 e. The lowest BCUT2D eigenvalue weighted by molar-refractivity contribution is 0.290. The second-order valence-corrected chi connectivity index (χ2v) is 3.84. The summed E-state index contributed by atoms with van der Waals surface area (Å²) >= 11 is 0. The highest BCUT2D eigenvalue weighted by Gasteiger charge is 2.34. The SMILES string of the molecule is CCC1C=CC(CC)C(C#N)C1C#N. The van der Waals surface area contributed by atoms with Gasteiger partial charge < -0.3 is 0 Å². The number of allylic oxidation sites excluding steroid dienone is 2. The molecule has 0 saturated heterocycles. The Labute approximate surface area is 85.8 Å². The van der Waals surface area contributed by atoms with E-state index in [4.69, 9.17) is 10.5 Å². The topological polar surface area (TPSA) is 47.6 Å². The van der Waals surface area contributed by atoms with Crippen molar-refractivity contribution < 1.29 is 0 Å². The first-order valence-electron chi connectivity index (χ1n) is 5.26. The summed E-state index contributed by atoms with van der Waals surface area (Å²) in [4.78, 5) is 0. The van der Waals surface area contributed by atoms with Crippen molar-refractivity contribution in [2.75, 3.05) is 0 Å². The standard InChI is InChI=1S/C12H16N2/c1-3-9-5-6-10(4-2)12(8-14)11(9)7-13/h5-6,9-12H,3-4H2,1-2H3. The van der Waals surface area contributed by atoms with Crippen LogP contribution in [0.5, 0.6) is 0 Å². The summed E-state index contributed by atoms with van der Waals surface area (Å²) in [7, 11) is 0. The van der Waals surface area contributed by atoms with Crippen LogP contribution >= 0.6 is 0 Å². The number of nitrogens with zero attached hydrogens (tertiary/aromatic N) is 2. The molecule has 14 heavy (non-hydrogen) atoms. The van der Waals surface area contributed by atoms with E-state index >= 15 is 0 Å². The minimum atomic E-state index is -0.111. The van der Waals surface area contributed by atoms with Crippen LogP contribution in [0, 0.1) is 46.3 Å². The molecule has 74 valence electrons. The van der Waals surface area contributed by atoms with Gasteiger partial charge in [-0.1, -0.05) is 26.0 Å². The van der Waals surface area contributed by atoms with E-state index in [1.165, 1.54) is 0 Å². The molecule has 4 unspecified atom stereocenters. The predicted molar refractivity (Wildman–Crippen MR) is 54.9 cm³/mol. The Hall–Kier alpha value is -1.28. The van der Waals surface area contributed by atoms with Crippen molar-refractivity contribution in [1.29, 1.82) is 10.5 Å². The molecule has 1 rings (SSSR count). The van der Waals surface area contributed by atoms with E-state index in [1.54, 1.807) is 0 Å². The molecule has 4 atom stereocenters. The van der Waals surface area contributed by atoms with Gasteiger partial charge in [-0.2, -0.15) is 10.5 Å². The average Bonchev–Trinajstić information content (AvgIpc) is 2.26. The fraction of sp³-hybridized carbons (Fsp3) is 0.667. The maximum atomic E-state index is 9.07. The molecule has 0 aliphatic heterocycles. The van der Waals surface area contributed by atoms with Crippen LogP contribution in [0.4, 0.5) is 0 Å². The van der Waals surface area contributed by atoms with E-state index in [0.29, 0.717) is 0 Å². The molecule has 0 heterocycles. The summed E-state index contributed by atoms with van der Waals surface area (Å²) < 4.78 is 0. The van der Waals surface area contributed by atoms with Gasteiger partial charge in [0.1, 0.15) is 0 Å². The van der Waals surface area contributed by atoms with Gasteiger partial charge in [-0.05, 0) is 24.7 Å². The van der Waals surface area contributed by atoms with Crippen molar-refractivity contribution in [3.8, 4) is 12.1 Å². The van der Waals surface area contributed by atoms with Crippen LogP contribution in [0.25, 0.3) is 0 Å². The monoisotopic (exact) mass is 188 g/mol. The van der Waals surface area contributed by atoms with Crippen molar-refractivity contribution >= 4 is 0 Å². The van der Waals surface area contributed by atoms with Crippen LogP contribution in [0.3, 0.4) is 0 Å². The Kier molecular flexibility index (Phi) is 3.72. The third kappa shape index (κ3) is 1.80. The van der Waals surface area contributed by atoms with Crippen molar-refractivity contribution in [3.05, 3.63) is 12.2 Å². The van der Waals surface area contributed by atoms with E-state index in [1.807, 2.05) is 0 Å². The molecular formula is C12H16N2. The molecule has 0 bridgehead atoms. The van der Waals surface area contributed by atoms with E-state index in [0.717, 1.165) is 12.8 Å². The highest BCUT2D eigenvalue weighted by atomic mass is 14.4. The second-order valence-electron chi connectivity index (χ2n) is 3.84. The molecule has 0 saturated carbocycles. The molecule has 2 nitrogen and oxygen atoms in total. The van der Waals surface area contributed by atoms with Gasteiger partial charge in [-0.3, -0.25) is 0 Å². The largest absolute Gasteiger partial charge is 0.198 e. The van der Waals surface area contributed by atoms with Gasteiger partial charge in [0.25, 0.3) is 0 Å². The Bertz CT molecular complexity index is 262. The fourth-order valence-corrected chi connectivity index (χ4v) is 2.19. The summed E-state index contributed by atoms with van der Waals surface area (Å²) in [6, 6.07) is 4.59. The lowest BCUT2D eigenvalue weighted by atomic mass is 9.70. The van der Waals surface area contributed by atoms with Gasteiger partial charge in [-0.25, -0.2) is 0 Å². The first-order chi connectivity index (χ1) is 6.78. The summed E-state index contributed by atoms with van der Waals surface area (Å²) in [6.45, 7) is 4.14. The quantitative estimate of drug-likeness (QED) is 0.625. The van der Waals surface area contributed by atoms with E-state index in [-0.39, 0.29) is 23.7 Å². The van der Waals surface area contributed by atoms with Gasteiger partial charge in [0.2, 0.25) is 0 Å². The summed E-state index contributed by atoms with van der Waals surface area (Å²) in [5.74, 6) is 0.319. The molecule has 0 radical (unpaired) electrons. The van der Waals surface area contributed by atoms with Crippen LogP contribution in [0.15, 0.2) is 12.2 Å². The first-order valence-corrected chi connectivity index (χ1v) is 5.26. The third-order valence-electron chi connectivity index (χ3n) is 3.16. The summed E-state index contributed by atoms with van der Waals surface area (Å²) in [5.41, 5.74) is 0. The number of hydrogen-bond donors (Lipinski definition) is 0. The summed E-state index contributed by atoms with van der Waals surface area (Å²) in [5, 5.41) is 18.1. The minimum absolute atomic E-state index is 0.111. The van der Waals surface area contributed by atoms with Gasteiger partial charge in [0.05, 0.1) is 24.0 Å². The molecule has 0 aromatic heterocycles. The minimum Gasteiger partial charge on any atom is -0.198 e. The van der Waals surface area contributed by atoms with Crippen molar-refractivity contribution in [3.63, 3.8) is 0 Å². The van der Waals surface area contributed by atoms with Gasteiger partial charge in [0, 0.05) is 0 Å². The van der Waals surface area contributed by atoms with Crippen LogP contribution in [0.2, 0.25) is 0 Å². The molecule has 2 heteroatoms. The molecule has 0 aromatic carbocycles. The van der Waals surface area contributed by atoms with Gasteiger partial charge >= 0.3 is 0 Å². The molecule has 0 spiro atoms. The Morgan fingerprint density at radius 1 is 0.929 bits per heavy atom. The van der Waals surface area contributed by atoms with Crippen LogP contribution in [-0.4, -0.2) is 0 Å². The number of rotatable bonds is 2. The lowest BCUT2D eigenvalue weighted by Gasteiger charge is -2.30. The van der Waals surface area contributed by atoms with Crippen LogP contribution in [0.1, 0.15) is 26.7 Å². The van der Waals surface area contributed by atoms with E-state index in [9.17, 15) is 0 Å². The number of hydrogen-bond acceptors (Lipinski definition) is 2. The third-order valence-corrected chi connectivity index (χ3v) is 3.16. The molecular weight excluding hydrogens is 172 g/mol. The Morgan fingerprint density at radius 3 is 1.50 bits per heavy atom. The highest BCUT2D eigenvalue weighted by Crippen LogP contribution is 2.36.